The second-order valence-corrected chi connectivity index (χ2v) is 8.34. The maximum absolute atomic E-state index is 12.6. The van der Waals surface area contributed by atoms with Crippen LogP contribution in [0.5, 0.6) is 0 Å². The zero-order valence-corrected chi connectivity index (χ0v) is 16.5. The van der Waals surface area contributed by atoms with Crippen molar-refractivity contribution in [3.05, 3.63) is 65.7 Å². The van der Waals surface area contributed by atoms with Gasteiger partial charge in [-0.05, 0) is 35.6 Å². The van der Waals surface area contributed by atoms with Crippen LogP contribution in [-0.2, 0) is 15.0 Å². The van der Waals surface area contributed by atoms with Crippen molar-refractivity contribution in [3.8, 4) is 0 Å². The first kappa shape index (κ1) is 19.2. The zero-order chi connectivity index (χ0) is 19.6. The molecule has 0 bridgehead atoms. The quantitative estimate of drug-likeness (QED) is 0.883. The number of hydrogen-bond donors (Lipinski definition) is 1. The number of nitrogens with zero attached hydrogens (tertiary/aromatic N) is 1. The summed E-state index contributed by atoms with van der Waals surface area (Å²) >= 11 is 0. The topological polar surface area (TPSA) is 49.4 Å². The molecule has 3 rings (SSSR count). The molecule has 1 N–H and O–H groups in total. The Bertz CT molecular complexity index is 807. The third-order valence-electron chi connectivity index (χ3n) is 5.20. The molecule has 2 atom stereocenters. The summed E-state index contributed by atoms with van der Waals surface area (Å²) in [6.45, 7) is 8.89. The normalized spacial score (nSPS) is 18.4. The van der Waals surface area contributed by atoms with E-state index in [9.17, 15) is 9.59 Å². The third-order valence-corrected chi connectivity index (χ3v) is 5.20. The molecule has 4 heteroatoms. The van der Waals surface area contributed by atoms with Crippen LogP contribution < -0.4 is 10.2 Å². The summed E-state index contributed by atoms with van der Waals surface area (Å²) in [6, 6.07) is 17.9. The van der Waals surface area contributed by atoms with E-state index in [-0.39, 0.29) is 35.6 Å². The Morgan fingerprint density at radius 2 is 1.70 bits per heavy atom. The minimum Gasteiger partial charge on any atom is -0.349 e. The average molecular weight is 364 g/mol. The van der Waals surface area contributed by atoms with Gasteiger partial charge in [0.25, 0.3) is 0 Å². The van der Waals surface area contributed by atoms with E-state index >= 15 is 0 Å². The van der Waals surface area contributed by atoms with Crippen LogP contribution >= 0.6 is 0 Å². The van der Waals surface area contributed by atoms with Crippen molar-refractivity contribution in [1.29, 1.82) is 0 Å². The Morgan fingerprint density at radius 3 is 2.30 bits per heavy atom. The summed E-state index contributed by atoms with van der Waals surface area (Å²) in [6.07, 6.45) is 0.258. The second-order valence-electron chi connectivity index (χ2n) is 8.34. The van der Waals surface area contributed by atoms with Gasteiger partial charge in [0.05, 0.1) is 12.0 Å². The molecule has 1 aliphatic heterocycles. The Labute approximate surface area is 161 Å². The van der Waals surface area contributed by atoms with Crippen LogP contribution in [0.1, 0.15) is 51.3 Å². The summed E-state index contributed by atoms with van der Waals surface area (Å²) in [5, 5.41) is 3.04. The molecular weight excluding hydrogens is 336 g/mol. The first-order valence-corrected chi connectivity index (χ1v) is 9.52. The van der Waals surface area contributed by atoms with E-state index in [4.69, 9.17) is 0 Å². The van der Waals surface area contributed by atoms with Crippen LogP contribution in [0, 0.1) is 5.92 Å². The van der Waals surface area contributed by atoms with Crippen molar-refractivity contribution in [2.45, 2.75) is 45.6 Å². The van der Waals surface area contributed by atoms with Gasteiger partial charge in [0, 0.05) is 18.7 Å². The lowest BCUT2D eigenvalue weighted by Gasteiger charge is -2.22. The number of hydrogen-bond acceptors (Lipinski definition) is 2. The molecule has 4 nitrogen and oxygen atoms in total. The van der Waals surface area contributed by atoms with E-state index in [1.807, 2.05) is 49.4 Å². The van der Waals surface area contributed by atoms with Gasteiger partial charge in [0.2, 0.25) is 11.8 Å². The fourth-order valence-electron chi connectivity index (χ4n) is 3.43. The lowest BCUT2D eigenvalue weighted by molar-refractivity contribution is -0.126. The molecule has 0 radical (unpaired) electrons. The van der Waals surface area contributed by atoms with Crippen molar-refractivity contribution in [2.24, 2.45) is 5.92 Å². The van der Waals surface area contributed by atoms with Crippen LogP contribution in [0.4, 0.5) is 5.69 Å². The lowest BCUT2D eigenvalue weighted by Crippen LogP contribution is -2.34. The van der Waals surface area contributed by atoms with Crippen LogP contribution in [0.25, 0.3) is 0 Å². The molecular formula is C23H28N2O2. The molecule has 0 spiro atoms. The zero-order valence-electron chi connectivity index (χ0n) is 16.5. The van der Waals surface area contributed by atoms with E-state index in [1.54, 1.807) is 4.90 Å². The van der Waals surface area contributed by atoms with Gasteiger partial charge < -0.3 is 10.2 Å². The summed E-state index contributed by atoms with van der Waals surface area (Å²) in [7, 11) is 0. The van der Waals surface area contributed by atoms with E-state index in [0.29, 0.717) is 6.54 Å². The smallest absolute Gasteiger partial charge is 0.227 e. The molecule has 1 heterocycles. The molecule has 142 valence electrons. The van der Waals surface area contributed by atoms with Gasteiger partial charge in [-0.25, -0.2) is 0 Å². The predicted molar refractivity (Wildman–Crippen MR) is 109 cm³/mol. The van der Waals surface area contributed by atoms with Crippen molar-refractivity contribution in [2.75, 3.05) is 11.4 Å². The van der Waals surface area contributed by atoms with Gasteiger partial charge in [-0.2, -0.15) is 0 Å². The van der Waals surface area contributed by atoms with Gasteiger partial charge in [-0.1, -0.05) is 63.2 Å². The first-order chi connectivity index (χ1) is 12.8. The molecule has 0 aromatic heterocycles. The van der Waals surface area contributed by atoms with Crippen LogP contribution in [0.15, 0.2) is 54.6 Å². The van der Waals surface area contributed by atoms with Gasteiger partial charge in [0.15, 0.2) is 0 Å². The maximum atomic E-state index is 12.6. The highest BCUT2D eigenvalue weighted by Crippen LogP contribution is 2.29. The third kappa shape index (κ3) is 4.38. The summed E-state index contributed by atoms with van der Waals surface area (Å²) < 4.78 is 0. The highest BCUT2D eigenvalue weighted by atomic mass is 16.2. The molecule has 0 aliphatic carbocycles. The SMILES string of the molecule is CC(NC(=O)C1CC(=O)N(c2ccc(C(C)(C)C)cc2)C1)c1ccccc1. The number of nitrogens with one attached hydrogen (secondary N) is 1. The number of rotatable bonds is 4. The Kier molecular flexibility index (Phi) is 5.36. The molecule has 1 fully saturated rings. The Hall–Kier alpha value is -2.62. The van der Waals surface area contributed by atoms with Crippen molar-refractivity contribution in [1.82, 2.24) is 5.32 Å². The molecule has 0 saturated carbocycles. The minimum absolute atomic E-state index is 0.00558. The van der Waals surface area contributed by atoms with Gasteiger partial charge in [-0.3, -0.25) is 9.59 Å². The van der Waals surface area contributed by atoms with Crippen LogP contribution in [0.3, 0.4) is 0 Å². The number of carbonyl (C=O) groups excluding carboxylic acids is 2. The maximum Gasteiger partial charge on any atom is 0.227 e. The van der Waals surface area contributed by atoms with Gasteiger partial charge in [-0.15, -0.1) is 0 Å². The molecule has 1 saturated heterocycles. The molecule has 2 aromatic carbocycles. The fraction of sp³-hybridized carbons (Fsp3) is 0.391. The molecule has 2 unspecified atom stereocenters. The highest BCUT2D eigenvalue weighted by molar-refractivity contribution is 6.00. The fourth-order valence-corrected chi connectivity index (χ4v) is 3.43. The largest absolute Gasteiger partial charge is 0.349 e. The van der Waals surface area contributed by atoms with Crippen LogP contribution in [-0.4, -0.2) is 18.4 Å². The highest BCUT2D eigenvalue weighted by Gasteiger charge is 2.35. The molecule has 2 aromatic rings. The number of amides is 2. The van der Waals surface area contributed by atoms with Crippen LogP contribution in [0.2, 0.25) is 0 Å². The monoisotopic (exact) mass is 364 g/mol. The predicted octanol–water partition coefficient (Wildman–Crippen LogP) is 4.21. The number of carbonyl (C=O) groups is 2. The summed E-state index contributed by atoms with van der Waals surface area (Å²) in [4.78, 5) is 26.8. The van der Waals surface area contributed by atoms with Gasteiger partial charge >= 0.3 is 0 Å². The molecule has 1 aliphatic rings. The second kappa shape index (κ2) is 7.55. The first-order valence-electron chi connectivity index (χ1n) is 9.52. The lowest BCUT2D eigenvalue weighted by atomic mass is 9.87. The van der Waals surface area contributed by atoms with E-state index < -0.39 is 0 Å². The van der Waals surface area contributed by atoms with Gasteiger partial charge in [0.1, 0.15) is 0 Å². The van der Waals surface area contributed by atoms with Crippen molar-refractivity contribution >= 4 is 17.5 Å². The summed E-state index contributed by atoms with van der Waals surface area (Å²) in [5.74, 6) is -0.370. The molecule has 27 heavy (non-hydrogen) atoms. The standard InChI is InChI=1S/C23H28N2O2/c1-16(17-8-6-5-7-9-17)24-22(27)18-14-21(26)25(15-18)20-12-10-19(11-13-20)23(2,3)4/h5-13,16,18H,14-15H2,1-4H3,(H,24,27). The summed E-state index contributed by atoms with van der Waals surface area (Å²) in [5.41, 5.74) is 3.22. The number of benzene rings is 2. The average Bonchev–Trinajstić information content (AvgIpc) is 3.03. The van der Waals surface area contributed by atoms with E-state index in [1.165, 1.54) is 5.56 Å². The van der Waals surface area contributed by atoms with Crippen molar-refractivity contribution in [3.63, 3.8) is 0 Å². The molecule has 2 amide bonds. The Morgan fingerprint density at radius 1 is 1.07 bits per heavy atom. The van der Waals surface area contributed by atoms with Crippen molar-refractivity contribution < 1.29 is 9.59 Å². The van der Waals surface area contributed by atoms with E-state index in [2.05, 4.69) is 38.2 Å². The minimum atomic E-state index is -0.314. The number of anilines is 1. The Balaban J connectivity index is 1.65. The van der Waals surface area contributed by atoms with E-state index in [0.717, 1.165) is 11.3 Å².